The summed E-state index contributed by atoms with van der Waals surface area (Å²) in [6.45, 7) is 12.3. The average molecular weight is 801 g/mol. The van der Waals surface area contributed by atoms with Crippen molar-refractivity contribution in [2.45, 2.75) is 89.7 Å². The van der Waals surface area contributed by atoms with Crippen LogP contribution < -0.4 is 20.7 Å². The lowest BCUT2D eigenvalue weighted by Crippen LogP contribution is -2.59. The molecule has 1 N–H and O–H groups in total. The fourth-order valence-electron chi connectivity index (χ4n) is 7.83. The first-order chi connectivity index (χ1) is 27.4. The summed E-state index contributed by atoms with van der Waals surface area (Å²) in [6, 6.07) is 27.8. The molecule has 2 bridgehead atoms. The van der Waals surface area contributed by atoms with Crippen molar-refractivity contribution in [1.29, 1.82) is 5.26 Å². The zero-order chi connectivity index (χ0) is 40.9. The topological polar surface area (TPSA) is 147 Å². The summed E-state index contributed by atoms with van der Waals surface area (Å²) < 4.78 is 49.5. The fourth-order valence-corrected chi connectivity index (χ4v) is 9.63. The average Bonchev–Trinajstić information content (AvgIpc) is 3.43. The van der Waals surface area contributed by atoms with E-state index in [0.717, 1.165) is 16.7 Å². The van der Waals surface area contributed by atoms with Gasteiger partial charge in [-0.1, -0.05) is 61.5 Å². The van der Waals surface area contributed by atoms with Gasteiger partial charge in [0.2, 0.25) is 0 Å². The number of methoxy groups -OCH3 is 2. The zero-order valence-electron chi connectivity index (χ0n) is 33.8. The first kappa shape index (κ1) is 42.2. The monoisotopic (exact) mass is 800 g/mol. The molecule has 3 aromatic carbocycles. The highest BCUT2D eigenvalue weighted by Gasteiger charge is 2.65. The van der Waals surface area contributed by atoms with Gasteiger partial charge in [-0.25, -0.2) is 9.46 Å². The Morgan fingerprint density at radius 3 is 2.07 bits per heavy atom. The van der Waals surface area contributed by atoms with E-state index in [4.69, 9.17) is 32.7 Å². The molecule has 13 nitrogen and oxygen atoms in total. The lowest BCUT2D eigenvalue weighted by Gasteiger charge is -2.47. The van der Waals surface area contributed by atoms with Gasteiger partial charge in [-0.05, 0) is 75.6 Å². The van der Waals surface area contributed by atoms with Crippen molar-refractivity contribution in [3.05, 3.63) is 128 Å². The van der Waals surface area contributed by atoms with Gasteiger partial charge < -0.3 is 32.7 Å². The summed E-state index contributed by atoms with van der Waals surface area (Å²) in [4.78, 5) is 28.5. The van der Waals surface area contributed by atoms with Crippen molar-refractivity contribution < 1.29 is 32.7 Å². The van der Waals surface area contributed by atoms with Gasteiger partial charge in [-0.15, -0.1) is 0 Å². The highest BCUT2D eigenvalue weighted by atomic mass is 31.2. The number of aromatic amines is 1. The SMILES string of the molecule is COc1ccc(C(OC[C@]23O[C@@H](n4cc(C)c(=O)[nH]c4=O)[C@H](OC[C@@H]2C)[C@@H]3OP(OCCC#N)N(C(C)C)C(C)C)(c2ccccc2)c2ccc(OC)cc2)cc1. The molecule has 0 radical (unpaired) electrons. The third-order valence-electron chi connectivity index (χ3n) is 10.7. The molecule has 1 aromatic heterocycles. The minimum Gasteiger partial charge on any atom is -0.497 e. The first-order valence-electron chi connectivity index (χ1n) is 19.2. The number of rotatable bonds is 17. The number of aryl methyl sites for hydroxylation is 1. The van der Waals surface area contributed by atoms with Crippen molar-refractivity contribution in [1.82, 2.24) is 14.2 Å². The zero-order valence-corrected chi connectivity index (χ0v) is 34.7. The summed E-state index contributed by atoms with van der Waals surface area (Å²) in [7, 11) is 1.46. The number of benzene rings is 3. The van der Waals surface area contributed by atoms with Gasteiger partial charge in [0.1, 0.15) is 34.9 Å². The molecule has 3 heterocycles. The normalized spacial score (nSPS) is 22.5. The molecule has 0 spiro atoms. The van der Waals surface area contributed by atoms with Crippen molar-refractivity contribution in [2.24, 2.45) is 5.92 Å². The third-order valence-corrected chi connectivity index (χ3v) is 12.9. The summed E-state index contributed by atoms with van der Waals surface area (Å²) in [5.74, 6) is 1.05. The largest absolute Gasteiger partial charge is 0.497 e. The van der Waals surface area contributed by atoms with Crippen LogP contribution in [0.4, 0.5) is 0 Å². The molecule has 57 heavy (non-hydrogen) atoms. The highest BCUT2D eigenvalue weighted by molar-refractivity contribution is 7.44. The number of hydrogen-bond donors (Lipinski definition) is 1. The Kier molecular flexibility index (Phi) is 13.4. The molecule has 2 aliphatic heterocycles. The Bertz CT molecular complexity index is 2050. The Labute approximate surface area is 335 Å². The molecule has 4 aromatic rings. The second-order valence-electron chi connectivity index (χ2n) is 15.0. The molecule has 0 amide bonds. The molecule has 0 aliphatic carbocycles. The van der Waals surface area contributed by atoms with Gasteiger partial charge in [0.05, 0.1) is 46.5 Å². The molecular weight excluding hydrogens is 747 g/mol. The molecule has 14 heteroatoms. The predicted molar refractivity (Wildman–Crippen MR) is 216 cm³/mol. The van der Waals surface area contributed by atoms with Crippen LogP contribution in [0, 0.1) is 24.2 Å². The lowest BCUT2D eigenvalue weighted by atomic mass is 9.78. The molecule has 1 unspecified atom stereocenters. The standard InChI is InChI=1S/C43H53N4O9P/c1-28(2)47(29(3)4)57(54-24-12-23-44)56-38-37-40(46-25-30(5)39(48)45-41(46)49)55-42(38,31(6)26-52-37)27-53-43(32-13-10-9-11-14-32,33-15-19-35(50-7)20-16-33)34-17-21-36(51-8)22-18-34/h9-11,13-22,25,28-29,31,37-38,40H,12,24,26-27H2,1-8H3,(H,45,48,49)/t31-,37+,38-,40+,42-,57?/m0/s1. The van der Waals surface area contributed by atoms with Gasteiger partial charge in [0.15, 0.2) is 6.23 Å². The summed E-state index contributed by atoms with van der Waals surface area (Å²) in [5, 5.41) is 9.44. The van der Waals surface area contributed by atoms with E-state index in [2.05, 4.69) is 43.4 Å². The van der Waals surface area contributed by atoms with Crippen LogP contribution in [0.3, 0.4) is 0 Å². The highest BCUT2D eigenvalue weighted by Crippen LogP contribution is 2.57. The summed E-state index contributed by atoms with van der Waals surface area (Å²) in [5.41, 5.74) is -0.680. The Hall–Kier alpha value is -4.38. The van der Waals surface area contributed by atoms with E-state index < -0.39 is 49.4 Å². The van der Waals surface area contributed by atoms with E-state index in [-0.39, 0.29) is 44.2 Å². The maximum Gasteiger partial charge on any atom is 0.330 e. The Morgan fingerprint density at radius 2 is 1.53 bits per heavy atom. The summed E-state index contributed by atoms with van der Waals surface area (Å²) in [6.07, 6.45) is -0.973. The van der Waals surface area contributed by atoms with E-state index in [1.807, 2.05) is 85.8 Å². The van der Waals surface area contributed by atoms with Crippen LogP contribution in [0.5, 0.6) is 11.5 Å². The van der Waals surface area contributed by atoms with Crippen LogP contribution in [-0.2, 0) is 28.9 Å². The second kappa shape index (κ2) is 18.0. The minimum atomic E-state index is -1.80. The number of nitrogens with zero attached hydrogens (tertiary/aromatic N) is 3. The number of fused-ring (bicyclic) bond motifs is 2. The van der Waals surface area contributed by atoms with Crippen LogP contribution >= 0.6 is 8.53 Å². The number of nitriles is 1. The van der Waals surface area contributed by atoms with Crippen LogP contribution in [-0.4, -0.2) is 78.2 Å². The molecule has 2 fully saturated rings. The van der Waals surface area contributed by atoms with Gasteiger partial charge >= 0.3 is 5.69 Å². The first-order valence-corrected chi connectivity index (χ1v) is 20.4. The second-order valence-corrected chi connectivity index (χ2v) is 16.4. The number of hydrogen-bond acceptors (Lipinski definition) is 11. The molecular formula is C43H53N4O9P. The fraction of sp³-hybridized carbons (Fsp3) is 0.465. The van der Waals surface area contributed by atoms with E-state index in [9.17, 15) is 14.9 Å². The van der Waals surface area contributed by atoms with E-state index in [0.29, 0.717) is 17.1 Å². The van der Waals surface area contributed by atoms with Crippen LogP contribution in [0.15, 0.2) is 94.6 Å². The summed E-state index contributed by atoms with van der Waals surface area (Å²) >= 11 is 0. The smallest absolute Gasteiger partial charge is 0.330 e. The van der Waals surface area contributed by atoms with E-state index in [1.54, 1.807) is 21.1 Å². The van der Waals surface area contributed by atoms with Crippen LogP contribution in [0.2, 0.25) is 0 Å². The van der Waals surface area contributed by atoms with Gasteiger partial charge in [0.25, 0.3) is 14.1 Å². The van der Waals surface area contributed by atoms with Gasteiger partial charge in [-0.3, -0.25) is 14.3 Å². The molecule has 6 atom stereocenters. The number of aromatic nitrogens is 2. The van der Waals surface area contributed by atoms with Gasteiger partial charge in [0, 0.05) is 29.8 Å². The minimum absolute atomic E-state index is 0.0158. The lowest BCUT2D eigenvalue weighted by molar-refractivity contribution is -0.193. The van der Waals surface area contributed by atoms with Crippen molar-refractivity contribution in [3.8, 4) is 17.6 Å². The maximum absolute atomic E-state index is 13.5. The third kappa shape index (κ3) is 8.32. The molecule has 304 valence electrons. The molecule has 2 saturated heterocycles. The van der Waals surface area contributed by atoms with Crippen molar-refractivity contribution in [3.63, 3.8) is 0 Å². The number of H-pyrrole nitrogens is 1. The number of ether oxygens (including phenoxy) is 5. The quantitative estimate of drug-likeness (QED) is 0.0681. The van der Waals surface area contributed by atoms with E-state index >= 15 is 0 Å². The van der Waals surface area contributed by atoms with E-state index in [1.165, 1.54) is 10.8 Å². The molecule has 2 aliphatic rings. The maximum atomic E-state index is 13.5. The predicted octanol–water partition coefficient (Wildman–Crippen LogP) is 6.83. The van der Waals surface area contributed by atoms with Crippen LogP contribution in [0.25, 0.3) is 0 Å². The number of nitrogens with one attached hydrogen (secondary N) is 1. The molecule has 0 saturated carbocycles. The van der Waals surface area contributed by atoms with Crippen molar-refractivity contribution >= 4 is 8.53 Å². The van der Waals surface area contributed by atoms with Crippen LogP contribution in [0.1, 0.15) is 69.5 Å². The molecule has 6 rings (SSSR count). The van der Waals surface area contributed by atoms with Gasteiger partial charge in [-0.2, -0.15) is 5.26 Å². The Balaban J connectivity index is 1.54. The Morgan fingerprint density at radius 1 is 0.947 bits per heavy atom. The van der Waals surface area contributed by atoms with Crippen molar-refractivity contribution in [2.75, 3.05) is 34.0 Å².